The zero-order chi connectivity index (χ0) is 15.0. The number of benzene rings is 1. The third-order valence-corrected chi connectivity index (χ3v) is 2.76. The van der Waals surface area contributed by atoms with Gasteiger partial charge in [-0.2, -0.15) is 0 Å². The van der Waals surface area contributed by atoms with Crippen molar-refractivity contribution in [3.8, 4) is 5.75 Å². The van der Waals surface area contributed by atoms with Crippen LogP contribution in [0.3, 0.4) is 0 Å². The molecule has 0 fully saturated rings. The molecule has 0 aliphatic carbocycles. The molecule has 20 heavy (non-hydrogen) atoms. The van der Waals surface area contributed by atoms with Crippen LogP contribution < -0.4 is 10.1 Å². The molecule has 2 rings (SSSR count). The van der Waals surface area contributed by atoms with Crippen LogP contribution in [0.2, 0.25) is 5.15 Å². The number of halogens is 1. The van der Waals surface area contributed by atoms with Crippen molar-refractivity contribution < 1.29 is 4.74 Å². The number of pyridine rings is 1. The molecular weight excluding hydrogens is 272 g/mol. The Kier molecular flexibility index (Phi) is 6.88. The summed E-state index contributed by atoms with van der Waals surface area (Å²) in [5.41, 5.74) is 2.25. The summed E-state index contributed by atoms with van der Waals surface area (Å²) in [5, 5.41) is 3.75. The monoisotopic (exact) mass is 292 g/mol. The van der Waals surface area contributed by atoms with E-state index in [-0.39, 0.29) is 0 Å². The summed E-state index contributed by atoms with van der Waals surface area (Å²) in [6.07, 6.45) is 0. The number of ether oxygens (including phenoxy) is 1. The molecule has 108 valence electrons. The summed E-state index contributed by atoms with van der Waals surface area (Å²) in [4.78, 5) is 4.21. The van der Waals surface area contributed by atoms with Crippen LogP contribution in [-0.2, 0) is 6.54 Å². The van der Waals surface area contributed by atoms with Gasteiger partial charge in [0.15, 0.2) is 0 Å². The van der Waals surface area contributed by atoms with Gasteiger partial charge in [-0.3, -0.25) is 0 Å². The van der Waals surface area contributed by atoms with Crippen LogP contribution in [0.4, 0.5) is 5.82 Å². The van der Waals surface area contributed by atoms with Gasteiger partial charge < -0.3 is 10.1 Å². The molecule has 0 spiro atoms. The Morgan fingerprint density at radius 2 is 1.80 bits per heavy atom. The van der Waals surface area contributed by atoms with Crippen LogP contribution in [0.15, 0.2) is 36.4 Å². The van der Waals surface area contributed by atoms with E-state index < -0.39 is 0 Å². The smallest absolute Gasteiger partial charge is 0.131 e. The average Bonchev–Trinajstić information content (AvgIpc) is 2.47. The maximum absolute atomic E-state index is 5.90. The Balaban J connectivity index is 0.000000956. The Morgan fingerprint density at radius 1 is 1.15 bits per heavy atom. The van der Waals surface area contributed by atoms with Crippen molar-refractivity contribution in [1.29, 1.82) is 0 Å². The molecule has 4 heteroatoms. The van der Waals surface area contributed by atoms with E-state index in [4.69, 9.17) is 16.3 Å². The van der Waals surface area contributed by atoms with E-state index in [1.807, 2.05) is 57.2 Å². The van der Waals surface area contributed by atoms with Crippen LogP contribution >= 0.6 is 11.6 Å². The molecule has 0 radical (unpaired) electrons. The molecule has 1 aromatic heterocycles. The number of nitrogens with one attached hydrogen (secondary N) is 1. The molecule has 0 aliphatic heterocycles. The predicted octanol–water partition coefficient (Wildman–Crippen LogP) is 4.69. The molecule has 0 aliphatic rings. The molecule has 1 N–H and O–H groups in total. The second kappa shape index (κ2) is 8.43. The molecule has 0 unspecified atom stereocenters. The SMILES string of the molecule is CC.COc1ccc(CNc2cc(C)cc(Cl)n2)cc1. The van der Waals surface area contributed by atoms with Crippen molar-refractivity contribution >= 4 is 17.4 Å². The van der Waals surface area contributed by atoms with E-state index in [1.165, 1.54) is 0 Å². The van der Waals surface area contributed by atoms with Gasteiger partial charge in [-0.25, -0.2) is 4.98 Å². The summed E-state index contributed by atoms with van der Waals surface area (Å²) in [6.45, 7) is 6.70. The Morgan fingerprint density at radius 3 is 2.35 bits per heavy atom. The normalized spacial score (nSPS) is 9.45. The third kappa shape index (κ3) is 5.10. The van der Waals surface area contributed by atoms with Gasteiger partial charge in [0.05, 0.1) is 7.11 Å². The second-order valence-corrected chi connectivity index (χ2v) is 4.44. The van der Waals surface area contributed by atoms with Crippen LogP contribution in [-0.4, -0.2) is 12.1 Å². The van der Waals surface area contributed by atoms with Gasteiger partial charge in [-0.05, 0) is 42.3 Å². The quantitative estimate of drug-likeness (QED) is 0.830. The highest BCUT2D eigenvalue weighted by Gasteiger charge is 1.99. The van der Waals surface area contributed by atoms with Gasteiger partial charge >= 0.3 is 0 Å². The molecule has 3 nitrogen and oxygen atoms in total. The third-order valence-electron chi connectivity index (χ3n) is 2.57. The topological polar surface area (TPSA) is 34.1 Å². The maximum atomic E-state index is 5.90. The summed E-state index contributed by atoms with van der Waals surface area (Å²) in [6, 6.07) is 11.7. The molecule has 2 aromatic rings. The molecule has 0 saturated carbocycles. The number of hydrogen-bond acceptors (Lipinski definition) is 3. The first-order valence-corrected chi connectivity index (χ1v) is 7.06. The van der Waals surface area contributed by atoms with E-state index in [9.17, 15) is 0 Å². The van der Waals surface area contributed by atoms with Gasteiger partial charge in [0.2, 0.25) is 0 Å². The van der Waals surface area contributed by atoms with Crippen LogP contribution in [0.5, 0.6) is 5.75 Å². The molecule has 0 atom stereocenters. The number of nitrogens with zero attached hydrogens (tertiary/aromatic N) is 1. The molecule has 0 amide bonds. The average molecular weight is 293 g/mol. The highest BCUT2D eigenvalue weighted by Crippen LogP contribution is 2.16. The van der Waals surface area contributed by atoms with Crippen LogP contribution in [0.1, 0.15) is 25.0 Å². The Hall–Kier alpha value is -1.74. The van der Waals surface area contributed by atoms with Gasteiger partial charge in [0.25, 0.3) is 0 Å². The zero-order valence-corrected chi connectivity index (χ0v) is 13.2. The predicted molar refractivity (Wildman–Crippen MR) is 85.7 cm³/mol. The Labute approximate surface area is 126 Å². The summed E-state index contributed by atoms with van der Waals surface area (Å²) in [5.74, 6) is 1.64. The van der Waals surface area contributed by atoms with Crippen molar-refractivity contribution in [2.75, 3.05) is 12.4 Å². The van der Waals surface area contributed by atoms with Gasteiger partial charge in [-0.1, -0.05) is 37.6 Å². The second-order valence-electron chi connectivity index (χ2n) is 4.05. The van der Waals surface area contributed by atoms with Gasteiger partial charge in [0.1, 0.15) is 16.7 Å². The highest BCUT2D eigenvalue weighted by atomic mass is 35.5. The van der Waals surface area contributed by atoms with E-state index in [1.54, 1.807) is 7.11 Å². The Bertz CT molecular complexity index is 506. The van der Waals surface area contributed by atoms with Gasteiger partial charge in [0, 0.05) is 6.54 Å². The zero-order valence-electron chi connectivity index (χ0n) is 12.4. The first kappa shape index (κ1) is 16.3. The molecule has 1 heterocycles. The molecule has 1 aromatic carbocycles. The first-order chi connectivity index (χ1) is 9.67. The fraction of sp³-hybridized carbons (Fsp3) is 0.312. The summed E-state index contributed by atoms with van der Waals surface area (Å²) >= 11 is 5.90. The highest BCUT2D eigenvalue weighted by molar-refractivity contribution is 6.29. The number of rotatable bonds is 4. The fourth-order valence-corrected chi connectivity index (χ4v) is 1.91. The van der Waals surface area contributed by atoms with E-state index in [0.29, 0.717) is 11.7 Å². The number of aryl methyl sites for hydroxylation is 1. The summed E-state index contributed by atoms with van der Waals surface area (Å²) < 4.78 is 5.11. The van der Waals surface area contributed by atoms with E-state index in [0.717, 1.165) is 22.7 Å². The van der Waals surface area contributed by atoms with Crippen molar-refractivity contribution in [2.45, 2.75) is 27.3 Å². The largest absolute Gasteiger partial charge is 0.497 e. The minimum Gasteiger partial charge on any atom is -0.497 e. The van der Waals surface area contributed by atoms with Crippen molar-refractivity contribution in [3.63, 3.8) is 0 Å². The molecule has 0 saturated heterocycles. The number of anilines is 1. The van der Waals surface area contributed by atoms with E-state index >= 15 is 0 Å². The lowest BCUT2D eigenvalue weighted by molar-refractivity contribution is 0.414. The number of methoxy groups -OCH3 is 1. The molecular formula is C16H21ClN2O. The fourth-order valence-electron chi connectivity index (χ4n) is 1.65. The lowest BCUT2D eigenvalue weighted by atomic mass is 10.2. The van der Waals surface area contributed by atoms with Crippen LogP contribution in [0, 0.1) is 6.92 Å². The van der Waals surface area contributed by atoms with Crippen LogP contribution in [0.25, 0.3) is 0 Å². The number of aromatic nitrogens is 1. The van der Waals surface area contributed by atoms with Crippen molar-refractivity contribution in [3.05, 3.63) is 52.7 Å². The minimum atomic E-state index is 0.507. The minimum absolute atomic E-state index is 0.507. The summed E-state index contributed by atoms with van der Waals surface area (Å²) in [7, 11) is 1.66. The maximum Gasteiger partial charge on any atom is 0.131 e. The van der Waals surface area contributed by atoms with Crippen molar-refractivity contribution in [1.82, 2.24) is 4.98 Å². The first-order valence-electron chi connectivity index (χ1n) is 6.68. The van der Waals surface area contributed by atoms with Crippen molar-refractivity contribution in [2.24, 2.45) is 0 Å². The molecule has 0 bridgehead atoms. The standard InChI is InChI=1S/C14H15ClN2O.C2H6/c1-10-7-13(15)17-14(8-10)16-9-11-3-5-12(18-2)6-4-11;1-2/h3-8H,9H2,1-2H3,(H,16,17);1-2H3. The number of hydrogen-bond donors (Lipinski definition) is 1. The lowest BCUT2D eigenvalue weighted by Gasteiger charge is -2.07. The lowest BCUT2D eigenvalue weighted by Crippen LogP contribution is -2.01. The van der Waals surface area contributed by atoms with E-state index in [2.05, 4.69) is 10.3 Å². The van der Waals surface area contributed by atoms with Gasteiger partial charge in [-0.15, -0.1) is 0 Å².